The van der Waals surface area contributed by atoms with Crippen LogP contribution in [0.3, 0.4) is 0 Å². The molecular weight excluding hydrogens is 212 g/mol. The zero-order valence-electron chi connectivity index (χ0n) is 10.7. The van der Waals surface area contributed by atoms with Gasteiger partial charge in [-0.3, -0.25) is 0 Å². The number of benzene rings is 1. The minimum absolute atomic E-state index is 0.0909. The second kappa shape index (κ2) is 4.67. The van der Waals surface area contributed by atoms with Crippen molar-refractivity contribution in [2.75, 3.05) is 24.6 Å². The number of rotatable bonds is 2. The molecule has 17 heavy (non-hydrogen) atoms. The van der Waals surface area contributed by atoms with E-state index < -0.39 is 0 Å². The van der Waals surface area contributed by atoms with Crippen LogP contribution in [0.1, 0.15) is 24.0 Å². The standard InChI is InChI=1S/C14H22N2O/c1-11-4-3-5-13(12(11)2)16-8-6-14(15,10-17)7-9-16/h3-5,17H,6-10,15H2,1-2H3. The number of nitrogens with zero attached hydrogens (tertiary/aromatic N) is 1. The first kappa shape index (κ1) is 12.4. The van der Waals surface area contributed by atoms with E-state index in [0.29, 0.717) is 0 Å². The lowest BCUT2D eigenvalue weighted by molar-refractivity contribution is 0.170. The molecule has 3 nitrogen and oxygen atoms in total. The van der Waals surface area contributed by atoms with Crippen LogP contribution in [0.4, 0.5) is 5.69 Å². The van der Waals surface area contributed by atoms with Crippen LogP contribution in [0.2, 0.25) is 0 Å². The normalized spacial score (nSPS) is 19.4. The monoisotopic (exact) mass is 234 g/mol. The second-order valence-corrected chi connectivity index (χ2v) is 5.23. The van der Waals surface area contributed by atoms with Crippen LogP contribution in [0.15, 0.2) is 18.2 Å². The summed E-state index contributed by atoms with van der Waals surface area (Å²) in [5.74, 6) is 0. The highest BCUT2D eigenvalue weighted by Crippen LogP contribution is 2.28. The average molecular weight is 234 g/mol. The molecule has 0 atom stereocenters. The molecule has 94 valence electrons. The highest BCUT2D eigenvalue weighted by molar-refractivity contribution is 5.56. The minimum atomic E-state index is -0.367. The molecular formula is C14H22N2O. The Kier molecular flexibility index (Phi) is 3.40. The lowest BCUT2D eigenvalue weighted by atomic mass is 9.89. The lowest BCUT2D eigenvalue weighted by Crippen LogP contribution is -2.53. The van der Waals surface area contributed by atoms with Crippen LogP contribution in [0.25, 0.3) is 0 Å². The van der Waals surface area contributed by atoms with E-state index in [-0.39, 0.29) is 12.1 Å². The molecule has 0 aliphatic carbocycles. The van der Waals surface area contributed by atoms with Crippen molar-refractivity contribution in [3.05, 3.63) is 29.3 Å². The van der Waals surface area contributed by atoms with E-state index in [0.717, 1.165) is 25.9 Å². The molecule has 1 saturated heterocycles. The Balaban J connectivity index is 2.13. The number of piperidine rings is 1. The van der Waals surface area contributed by atoms with Crippen LogP contribution < -0.4 is 10.6 Å². The smallest absolute Gasteiger partial charge is 0.0612 e. The molecule has 1 fully saturated rings. The van der Waals surface area contributed by atoms with E-state index >= 15 is 0 Å². The number of nitrogens with two attached hydrogens (primary N) is 1. The fourth-order valence-electron chi connectivity index (χ4n) is 2.43. The first-order valence-corrected chi connectivity index (χ1v) is 6.27. The van der Waals surface area contributed by atoms with Crippen molar-refractivity contribution in [2.45, 2.75) is 32.2 Å². The Labute approximate surface area is 103 Å². The Hall–Kier alpha value is -1.06. The fourth-order valence-corrected chi connectivity index (χ4v) is 2.43. The summed E-state index contributed by atoms with van der Waals surface area (Å²) in [6, 6.07) is 6.42. The van der Waals surface area contributed by atoms with Crippen molar-refractivity contribution in [1.82, 2.24) is 0 Å². The van der Waals surface area contributed by atoms with Gasteiger partial charge in [0.2, 0.25) is 0 Å². The highest BCUT2D eigenvalue weighted by atomic mass is 16.3. The Morgan fingerprint density at radius 3 is 2.53 bits per heavy atom. The highest BCUT2D eigenvalue weighted by Gasteiger charge is 2.30. The summed E-state index contributed by atoms with van der Waals surface area (Å²) in [6.45, 7) is 6.26. The molecule has 0 bridgehead atoms. The maximum atomic E-state index is 9.26. The van der Waals surface area contributed by atoms with E-state index in [2.05, 4.69) is 36.9 Å². The summed E-state index contributed by atoms with van der Waals surface area (Å²) in [5.41, 5.74) is 9.71. The molecule has 1 aliphatic rings. The van der Waals surface area contributed by atoms with E-state index in [1.807, 2.05) is 0 Å². The first-order chi connectivity index (χ1) is 8.06. The van der Waals surface area contributed by atoms with Gasteiger partial charge in [0.1, 0.15) is 0 Å². The van der Waals surface area contributed by atoms with Crippen LogP contribution in [-0.4, -0.2) is 30.3 Å². The summed E-state index contributed by atoms with van der Waals surface area (Å²) in [7, 11) is 0. The second-order valence-electron chi connectivity index (χ2n) is 5.23. The minimum Gasteiger partial charge on any atom is -0.394 e. The summed E-state index contributed by atoms with van der Waals surface area (Å²) in [4.78, 5) is 2.38. The number of anilines is 1. The van der Waals surface area contributed by atoms with Gasteiger partial charge in [0, 0.05) is 24.3 Å². The fraction of sp³-hybridized carbons (Fsp3) is 0.571. The quantitative estimate of drug-likeness (QED) is 0.817. The van der Waals surface area contributed by atoms with Crippen LogP contribution >= 0.6 is 0 Å². The molecule has 1 heterocycles. The number of aliphatic hydroxyl groups is 1. The summed E-state index contributed by atoms with van der Waals surface area (Å²) >= 11 is 0. The first-order valence-electron chi connectivity index (χ1n) is 6.27. The van der Waals surface area contributed by atoms with Crippen molar-refractivity contribution in [1.29, 1.82) is 0 Å². The molecule has 1 aromatic rings. The molecule has 0 amide bonds. The third kappa shape index (κ3) is 2.45. The van der Waals surface area contributed by atoms with Gasteiger partial charge < -0.3 is 15.7 Å². The van der Waals surface area contributed by atoms with Gasteiger partial charge in [-0.2, -0.15) is 0 Å². The van der Waals surface area contributed by atoms with Crippen LogP contribution in [-0.2, 0) is 0 Å². The number of hydrogen-bond donors (Lipinski definition) is 2. The van der Waals surface area contributed by atoms with E-state index in [1.165, 1.54) is 16.8 Å². The summed E-state index contributed by atoms with van der Waals surface area (Å²) in [5, 5.41) is 9.26. The Morgan fingerprint density at radius 1 is 1.29 bits per heavy atom. The van der Waals surface area contributed by atoms with Gasteiger partial charge in [-0.15, -0.1) is 0 Å². The van der Waals surface area contributed by atoms with Gasteiger partial charge in [-0.05, 0) is 43.9 Å². The molecule has 0 aromatic heterocycles. The summed E-state index contributed by atoms with van der Waals surface area (Å²) < 4.78 is 0. The molecule has 3 N–H and O–H groups in total. The molecule has 0 spiro atoms. The van der Waals surface area contributed by atoms with Crippen molar-refractivity contribution in [2.24, 2.45) is 5.73 Å². The van der Waals surface area contributed by atoms with Crippen molar-refractivity contribution < 1.29 is 5.11 Å². The zero-order chi connectivity index (χ0) is 12.5. The predicted molar refractivity (Wildman–Crippen MR) is 71.4 cm³/mol. The maximum absolute atomic E-state index is 9.26. The van der Waals surface area contributed by atoms with Crippen LogP contribution in [0.5, 0.6) is 0 Å². The largest absolute Gasteiger partial charge is 0.394 e. The van der Waals surface area contributed by atoms with E-state index in [1.54, 1.807) is 0 Å². The van der Waals surface area contributed by atoms with Crippen molar-refractivity contribution in [3.63, 3.8) is 0 Å². The van der Waals surface area contributed by atoms with Gasteiger partial charge in [0.15, 0.2) is 0 Å². The Bertz CT molecular complexity index is 395. The van der Waals surface area contributed by atoms with Gasteiger partial charge in [-0.25, -0.2) is 0 Å². The topological polar surface area (TPSA) is 49.5 Å². The average Bonchev–Trinajstić information content (AvgIpc) is 2.34. The number of hydrogen-bond acceptors (Lipinski definition) is 3. The van der Waals surface area contributed by atoms with Crippen molar-refractivity contribution >= 4 is 5.69 Å². The molecule has 0 saturated carbocycles. The Morgan fingerprint density at radius 2 is 1.94 bits per heavy atom. The molecule has 1 aromatic carbocycles. The zero-order valence-corrected chi connectivity index (χ0v) is 10.7. The van der Waals surface area contributed by atoms with Gasteiger partial charge in [-0.1, -0.05) is 12.1 Å². The van der Waals surface area contributed by atoms with Gasteiger partial charge in [0.25, 0.3) is 0 Å². The molecule has 0 unspecified atom stereocenters. The maximum Gasteiger partial charge on any atom is 0.0612 e. The SMILES string of the molecule is Cc1cccc(N2CCC(N)(CO)CC2)c1C. The third-order valence-electron chi connectivity index (χ3n) is 3.99. The lowest BCUT2D eigenvalue weighted by Gasteiger charge is -2.39. The van der Waals surface area contributed by atoms with Crippen LogP contribution in [0, 0.1) is 13.8 Å². The van der Waals surface area contributed by atoms with Crippen molar-refractivity contribution in [3.8, 4) is 0 Å². The number of aryl methyl sites for hydroxylation is 1. The van der Waals surface area contributed by atoms with E-state index in [4.69, 9.17) is 5.73 Å². The van der Waals surface area contributed by atoms with Gasteiger partial charge >= 0.3 is 0 Å². The number of aliphatic hydroxyl groups excluding tert-OH is 1. The third-order valence-corrected chi connectivity index (χ3v) is 3.99. The van der Waals surface area contributed by atoms with E-state index in [9.17, 15) is 5.11 Å². The molecule has 0 radical (unpaired) electrons. The molecule has 3 heteroatoms. The molecule has 1 aliphatic heterocycles. The predicted octanol–water partition coefficient (Wildman–Crippen LogP) is 1.59. The van der Waals surface area contributed by atoms with Gasteiger partial charge in [0.05, 0.1) is 6.61 Å². The summed E-state index contributed by atoms with van der Waals surface area (Å²) in [6.07, 6.45) is 1.72. The molecule has 2 rings (SSSR count).